The smallest absolute Gasteiger partial charge is 0.147 e. The summed E-state index contributed by atoms with van der Waals surface area (Å²) in [5.41, 5.74) is 1.21. The van der Waals surface area contributed by atoms with Gasteiger partial charge in [-0.15, -0.1) is 0 Å². The monoisotopic (exact) mass is 308 g/mol. The lowest BCUT2D eigenvalue weighted by Gasteiger charge is -2.23. The first kappa shape index (κ1) is 15.1. The molecule has 2 aromatic carbocycles. The lowest BCUT2D eigenvalue weighted by atomic mass is 9.96. The van der Waals surface area contributed by atoms with E-state index in [4.69, 9.17) is 0 Å². The maximum atomic E-state index is 14.0. The van der Waals surface area contributed by atoms with Gasteiger partial charge in [0.15, 0.2) is 0 Å². The molecule has 22 heavy (non-hydrogen) atoms. The Hall–Kier alpha value is -1.85. The van der Waals surface area contributed by atoms with E-state index in [0.717, 1.165) is 17.0 Å². The maximum absolute atomic E-state index is 14.0. The van der Waals surface area contributed by atoms with E-state index in [-0.39, 0.29) is 0 Å². The number of hydrogen-bond donors (Lipinski definition) is 0. The summed E-state index contributed by atoms with van der Waals surface area (Å²) in [7, 11) is -2.63. The van der Waals surface area contributed by atoms with Gasteiger partial charge in [0.05, 0.1) is 0 Å². The zero-order valence-corrected chi connectivity index (χ0v) is 13.7. The van der Waals surface area contributed by atoms with Crippen molar-refractivity contribution in [3.8, 4) is 0 Å². The van der Waals surface area contributed by atoms with Gasteiger partial charge in [0.1, 0.15) is 7.14 Å². The van der Waals surface area contributed by atoms with E-state index in [0.29, 0.717) is 12.1 Å². The molecular weight excluding hydrogens is 287 g/mol. The third-order valence-electron chi connectivity index (χ3n) is 4.29. The van der Waals surface area contributed by atoms with E-state index >= 15 is 0 Å². The van der Waals surface area contributed by atoms with Crippen molar-refractivity contribution in [1.82, 2.24) is 0 Å². The predicted octanol–water partition coefficient (Wildman–Crippen LogP) is 4.62. The summed E-state index contributed by atoms with van der Waals surface area (Å²) in [4.78, 5) is 0. The molecule has 0 amide bonds. The first-order valence-corrected chi connectivity index (χ1v) is 9.72. The molecule has 0 saturated carbocycles. The van der Waals surface area contributed by atoms with Gasteiger partial charge in [-0.25, -0.2) is 0 Å². The minimum Gasteiger partial charge on any atom is -0.313 e. The highest BCUT2D eigenvalue weighted by atomic mass is 31.2. The SMILES string of the molecule is CCC1/C=C\C=C/CP(=O)(c2ccccc2)c2ccccc21. The van der Waals surface area contributed by atoms with Crippen LogP contribution in [0.3, 0.4) is 0 Å². The van der Waals surface area contributed by atoms with Crippen molar-refractivity contribution in [3.05, 3.63) is 84.5 Å². The Morgan fingerprint density at radius 2 is 1.73 bits per heavy atom. The largest absolute Gasteiger partial charge is 0.313 e. The van der Waals surface area contributed by atoms with Crippen LogP contribution in [0.5, 0.6) is 0 Å². The van der Waals surface area contributed by atoms with E-state index in [9.17, 15) is 4.57 Å². The summed E-state index contributed by atoms with van der Waals surface area (Å²) >= 11 is 0. The fourth-order valence-electron chi connectivity index (χ4n) is 3.09. The Labute approximate surface area is 132 Å². The van der Waals surface area contributed by atoms with Gasteiger partial charge in [-0.05, 0) is 12.0 Å². The normalized spacial score (nSPS) is 27.0. The minimum atomic E-state index is -2.63. The highest BCUT2D eigenvalue weighted by Crippen LogP contribution is 2.46. The average Bonchev–Trinajstić information content (AvgIpc) is 2.65. The van der Waals surface area contributed by atoms with Gasteiger partial charge in [-0.1, -0.05) is 85.8 Å². The standard InChI is InChI=1S/C20H21OP/c1-2-17-11-5-4-10-16-22(21,18-12-6-3-7-13-18)20-15-9-8-14-19(17)20/h3-15,17H,2,16H2,1H3/b10-4-,11-5-. The Morgan fingerprint density at radius 3 is 2.50 bits per heavy atom. The zero-order chi connectivity index (χ0) is 15.4. The van der Waals surface area contributed by atoms with Crippen LogP contribution in [0, 0.1) is 0 Å². The fourth-order valence-corrected chi connectivity index (χ4v) is 5.83. The summed E-state index contributed by atoms with van der Waals surface area (Å²) in [6.07, 6.45) is 9.97. The molecule has 2 atom stereocenters. The topological polar surface area (TPSA) is 17.1 Å². The van der Waals surface area contributed by atoms with Crippen LogP contribution in [0.2, 0.25) is 0 Å². The van der Waals surface area contributed by atoms with Crippen LogP contribution in [-0.2, 0) is 4.57 Å². The van der Waals surface area contributed by atoms with Crippen molar-refractivity contribution in [1.29, 1.82) is 0 Å². The van der Waals surface area contributed by atoms with Crippen LogP contribution in [0.15, 0.2) is 78.9 Å². The lowest BCUT2D eigenvalue weighted by Crippen LogP contribution is -2.22. The molecule has 1 aliphatic heterocycles. The molecule has 2 aromatic rings. The molecule has 2 unspecified atom stereocenters. The van der Waals surface area contributed by atoms with Gasteiger partial charge >= 0.3 is 0 Å². The fraction of sp³-hybridized carbons (Fsp3) is 0.200. The first-order chi connectivity index (χ1) is 10.8. The highest BCUT2D eigenvalue weighted by Gasteiger charge is 2.29. The molecule has 0 spiro atoms. The quantitative estimate of drug-likeness (QED) is 0.740. The molecule has 1 heterocycles. The van der Waals surface area contributed by atoms with Crippen LogP contribution in [0.1, 0.15) is 24.8 Å². The van der Waals surface area contributed by atoms with Crippen molar-refractivity contribution < 1.29 is 4.57 Å². The van der Waals surface area contributed by atoms with Crippen molar-refractivity contribution in [2.75, 3.05) is 6.16 Å². The summed E-state index contributed by atoms with van der Waals surface area (Å²) in [5.74, 6) is 0.316. The van der Waals surface area contributed by atoms with Gasteiger partial charge in [0.2, 0.25) is 0 Å². The third-order valence-corrected chi connectivity index (χ3v) is 7.33. The van der Waals surface area contributed by atoms with Gasteiger partial charge < -0.3 is 4.57 Å². The van der Waals surface area contributed by atoms with E-state index < -0.39 is 7.14 Å². The first-order valence-electron chi connectivity index (χ1n) is 7.83. The molecule has 0 saturated heterocycles. The molecule has 1 nitrogen and oxygen atoms in total. The lowest BCUT2D eigenvalue weighted by molar-refractivity contribution is 0.588. The molecule has 0 radical (unpaired) electrons. The summed E-state index contributed by atoms with van der Waals surface area (Å²) in [5, 5.41) is 1.97. The van der Waals surface area contributed by atoms with Gasteiger partial charge in [0.25, 0.3) is 0 Å². The Bertz CT molecular complexity index is 743. The molecule has 0 bridgehead atoms. The second-order valence-corrected chi connectivity index (χ2v) is 8.49. The van der Waals surface area contributed by atoms with E-state index in [1.165, 1.54) is 5.56 Å². The minimum absolute atomic E-state index is 0.316. The Balaban J connectivity index is 2.25. The maximum Gasteiger partial charge on any atom is 0.147 e. The molecule has 1 aliphatic rings. The molecule has 0 N–H and O–H groups in total. The summed E-state index contributed by atoms with van der Waals surface area (Å²) < 4.78 is 14.0. The molecular formula is C20H21OP. The molecule has 112 valence electrons. The van der Waals surface area contributed by atoms with Crippen molar-refractivity contribution in [3.63, 3.8) is 0 Å². The van der Waals surface area contributed by atoms with Gasteiger partial charge in [-0.3, -0.25) is 0 Å². The van der Waals surface area contributed by atoms with Crippen LogP contribution >= 0.6 is 7.14 Å². The number of allylic oxidation sites excluding steroid dienone is 4. The number of rotatable bonds is 2. The zero-order valence-electron chi connectivity index (χ0n) is 12.9. The number of fused-ring (bicyclic) bond motifs is 1. The number of benzene rings is 2. The number of hydrogen-bond acceptors (Lipinski definition) is 1. The summed E-state index contributed by atoms with van der Waals surface area (Å²) in [6, 6.07) is 18.2. The van der Waals surface area contributed by atoms with Crippen molar-refractivity contribution in [2.45, 2.75) is 19.3 Å². The molecule has 0 aromatic heterocycles. The van der Waals surface area contributed by atoms with Gasteiger partial charge in [0, 0.05) is 22.7 Å². The second kappa shape index (κ2) is 6.50. The summed E-state index contributed by atoms with van der Waals surface area (Å²) in [6.45, 7) is 2.18. The highest BCUT2D eigenvalue weighted by molar-refractivity contribution is 7.79. The van der Waals surface area contributed by atoms with E-state index in [1.54, 1.807) is 0 Å². The van der Waals surface area contributed by atoms with E-state index in [2.05, 4.69) is 37.3 Å². The van der Waals surface area contributed by atoms with Crippen LogP contribution < -0.4 is 10.6 Å². The molecule has 2 heteroatoms. The van der Waals surface area contributed by atoms with Crippen molar-refractivity contribution >= 4 is 17.8 Å². The third kappa shape index (κ3) is 2.74. The molecule has 3 rings (SSSR count). The molecule has 0 fully saturated rings. The second-order valence-electron chi connectivity index (χ2n) is 5.64. The average molecular weight is 308 g/mol. The van der Waals surface area contributed by atoms with E-state index in [1.807, 2.05) is 48.6 Å². The van der Waals surface area contributed by atoms with Crippen LogP contribution in [-0.4, -0.2) is 6.16 Å². The molecule has 0 aliphatic carbocycles. The van der Waals surface area contributed by atoms with Gasteiger partial charge in [-0.2, -0.15) is 0 Å². The van der Waals surface area contributed by atoms with Crippen LogP contribution in [0.25, 0.3) is 0 Å². The Morgan fingerprint density at radius 1 is 1.00 bits per heavy atom. The van der Waals surface area contributed by atoms with Crippen LogP contribution in [0.4, 0.5) is 0 Å². The predicted molar refractivity (Wildman–Crippen MR) is 95.9 cm³/mol. The Kier molecular flexibility index (Phi) is 4.45. The van der Waals surface area contributed by atoms with Crippen molar-refractivity contribution in [2.24, 2.45) is 0 Å².